The fraction of sp³-hybridized carbons (Fsp3) is 0.300. The molecule has 2 aromatic carbocycles. The molecule has 2 aromatic rings. The predicted molar refractivity (Wildman–Crippen MR) is 107 cm³/mol. The minimum atomic E-state index is -3.63. The number of amides is 1. The highest BCUT2D eigenvalue weighted by Gasteiger charge is 2.31. The number of fused-ring (bicyclic) bond motifs is 1. The van der Waals surface area contributed by atoms with E-state index in [2.05, 4.69) is 9.71 Å². The number of carbonyl (C=O) groups excluding carboxylic acids is 1. The van der Waals surface area contributed by atoms with E-state index in [4.69, 9.17) is 4.74 Å². The van der Waals surface area contributed by atoms with Crippen molar-refractivity contribution < 1.29 is 17.9 Å². The number of amidine groups is 1. The average molecular weight is 401 g/mol. The third-order valence-corrected chi connectivity index (χ3v) is 5.96. The van der Waals surface area contributed by atoms with Crippen LogP contribution in [-0.2, 0) is 21.4 Å². The standard InChI is InChI=1S/C20H23N3O4S/c1-13-9-10-17(27-4)15(11-13)12-23(3)20(24)14(2)21-19-16-7-5-6-8-18(16)28(25,26)22-19/h5-11,14H,12H2,1-4H3,(H,21,22)/t14-/m1/s1. The van der Waals surface area contributed by atoms with Crippen molar-refractivity contribution in [2.75, 3.05) is 14.2 Å². The maximum Gasteiger partial charge on any atom is 0.263 e. The molecule has 8 heteroatoms. The number of rotatable bonds is 5. The number of aliphatic imine (C=N–C) groups is 1. The second-order valence-electron chi connectivity index (χ2n) is 6.76. The van der Waals surface area contributed by atoms with Crippen molar-refractivity contribution in [2.24, 2.45) is 4.99 Å². The maximum atomic E-state index is 12.8. The Morgan fingerprint density at radius 2 is 1.96 bits per heavy atom. The Bertz CT molecular complexity index is 1050. The fourth-order valence-electron chi connectivity index (χ4n) is 3.16. The Morgan fingerprint density at radius 3 is 2.68 bits per heavy atom. The summed E-state index contributed by atoms with van der Waals surface area (Å²) >= 11 is 0. The minimum absolute atomic E-state index is 0.172. The normalized spacial score (nSPS) is 16.9. The van der Waals surface area contributed by atoms with Gasteiger partial charge in [-0.25, -0.2) is 8.42 Å². The number of nitrogens with zero attached hydrogens (tertiary/aromatic N) is 2. The molecule has 7 nitrogen and oxygen atoms in total. The molecule has 148 valence electrons. The number of benzene rings is 2. The van der Waals surface area contributed by atoms with Crippen LogP contribution in [0.5, 0.6) is 5.75 Å². The summed E-state index contributed by atoms with van der Waals surface area (Å²) < 4.78 is 32.2. The molecule has 0 aromatic heterocycles. The molecule has 1 amide bonds. The van der Waals surface area contributed by atoms with Gasteiger partial charge in [0.05, 0.1) is 12.0 Å². The predicted octanol–water partition coefficient (Wildman–Crippen LogP) is 2.09. The van der Waals surface area contributed by atoms with Crippen LogP contribution in [0.15, 0.2) is 52.4 Å². The number of hydrogen-bond acceptors (Lipinski definition) is 5. The van der Waals surface area contributed by atoms with E-state index < -0.39 is 16.1 Å². The van der Waals surface area contributed by atoms with E-state index in [1.807, 2.05) is 25.1 Å². The number of ether oxygens (including phenoxy) is 1. The summed E-state index contributed by atoms with van der Waals surface area (Å²) in [6.45, 7) is 3.98. The smallest absolute Gasteiger partial charge is 0.263 e. The summed E-state index contributed by atoms with van der Waals surface area (Å²) in [5, 5.41) is 0. The molecule has 0 saturated heterocycles. The van der Waals surface area contributed by atoms with Crippen LogP contribution in [0.2, 0.25) is 0 Å². The summed E-state index contributed by atoms with van der Waals surface area (Å²) in [5.74, 6) is 0.680. The van der Waals surface area contributed by atoms with E-state index in [1.54, 1.807) is 44.2 Å². The second kappa shape index (κ2) is 7.63. The number of aryl methyl sites for hydroxylation is 1. The lowest BCUT2D eigenvalue weighted by molar-refractivity contribution is -0.131. The van der Waals surface area contributed by atoms with E-state index in [1.165, 1.54) is 6.07 Å². The lowest BCUT2D eigenvalue weighted by atomic mass is 10.1. The number of nitrogens with one attached hydrogen (secondary N) is 1. The van der Waals surface area contributed by atoms with Gasteiger partial charge in [0, 0.05) is 24.7 Å². The van der Waals surface area contributed by atoms with Crippen molar-refractivity contribution in [2.45, 2.75) is 31.3 Å². The van der Waals surface area contributed by atoms with Gasteiger partial charge in [0.25, 0.3) is 10.0 Å². The molecule has 0 aliphatic carbocycles. The van der Waals surface area contributed by atoms with E-state index in [-0.39, 0.29) is 16.6 Å². The summed E-state index contributed by atoms with van der Waals surface area (Å²) in [6.07, 6.45) is 0. The van der Waals surface area contributed by atoms with Gasteiger partial charge in [0.15, 0.2) is 0 Å². The summed E-state index contributed by atoms with van der Waals surface area (Å²) in [4.78, 5) is 18.9. The van der Waals surface area contributed by atoms with E-state index in [9.17, 15) is 13.2 Å². The van der Waals surface area contributed by atoms with Crippen LogP contribution in [0.25, 0.3) is 0 Å². The third kappa shape index (κ3) is 3.87. The van der Waals surface area contributed by atoms with Gasteiger partial charge in [0.2, 0.25) is 5.91 Å². The fourth-order valence-corrected chi connectivity index (χ4v) is 4.40. The number of methoxy groups -OCH3 is 1. The summed E-state index contributed by atoms with van der Waals surface area (Å²) in [5.41, 5.74) is 2.44. The SMILES string of the molecule is COc1ccc(C)cc1CN(C)C(=O)[C@@H](C)N=C1NS(=O)(=O)c2ccccc21. The first-order valence-corrected chi connectivity index (χ1v) is 10.3. The Hall–Kier alpha value is -2.87. The Labute approximate surface area is 165 Å². The molecule has 0 fully saturated rings. The van der Waals surface area contributed by atoms with Crippen molar-refractivity contribution >= 4 is 21.8 Å². The van der Waals surface area contributed by atoms with E-state index in [0.29, 0.717) is 17.9 Å². The second-order valence-corrected chi connectivity index (χ2v) is 8.42. The first-order chi connectivity index (χ1) is 13.2. The lowest BCUT2D eigenvalue weighted by Crippen LogP contribution is -2.35. The van der Waals surface area contributed by atoms with Gasteiger partial charge < -0.3 is 9.64 Å². The first kappa shape index (κ1) is 19.9. The lowest BCUT2D eigenvalue weighted by Gasteiger charge is -2.21. The Kier molecular flexibility index (Phi) is 5.42. The molecule has 0 bridgehead atoms. The van der Waals surface area contributed by atoms with Gasteiger partial charge in [-0.05, 0) is 32.0 Å². The largest absolute Gasteiger partial charge is 0.496 e. The number of hydrogen-bond donors (Lipinski definition) is 1. The van der Waals surface area contributed by atoms with Crippen molar-refractivity contribution in [1.82, 2.24) is 9.62 Å². The molecule has 28 heavy (non-hydrogen) atoms. The van der Waals surface area contributed by atoms with Crippen LogP contribution in [0.1, 0.15) is 23.6 Å². The van der Waals surface area contributed by atoms with Gasteiger partial charge in [-0.3, -0.25) is 14.5 Å². The highest BCUT2D eigenvalue weighted by Crippen LogP contribution is 2.24. The highest BCUT2D eigenvalue weighted by molar-refractivity contribution is 7.90. The molecule has 3 rings (SSSR count). The van der Waals surface area contributed by atoms with Gasteiger partial charge in [-0.2, -0.15) is 0 Å². The van der Waals surface area contributed by atoms with Crippen molar-refractivity contribution in [1.29, 1.82) is 0 Å². The van der Waals surface area contributed by atoms with Crippen molar-refractivity contribution in [3.63, 3.8) is 0 Å². The molecule has 0 saturated carbocycles. The van der Waals surface area contributed by atoms with Crippen molar-refractivity contribution in [3.05, 3.63) is 59.2 Å². The van der Waals surface area contributed by atoms with Crippen LogP contribution in [0.4, 0.5) is 0 Å². The molecule has 0 radical (unpaired) electrons. The quantitative estimate of drug-likeness (QED) is 0.831. The highest BCUT2D eigenvalue weighted by atomic mass is 32.2. The molecule has 1 atom stereocenters. The van der Waals surface area contributed by atoms with Crippen molar-refractivity contribution in [3.8, 4) is 5.75 Å². The van der Waals surface area contributed by atoms with Crippen LogP contribution in [0.3, 0.4) is 0 Å². The first-order valence-electron chi connectivity index (χ1n) is 8.81. The zero-order chi connectivity index (χ0) is 20.5. The zero-order valence-corrected chi connectivity index (χ0v) is 17.1. The molecular weight excluding hydrogens is 378 g/mol. The molecule has 1 aliphatic heterocycles. The monoisotopic (exact) mass is 401 g/mol. The number of sulfonamides is 1. The molecule has 1 heterocycles. The average Bonchev–Trinajstić information content (AvgIpc) is 2.91. The Balaban J connectivity index is 1.80. The Morgan fingerprint density at radius 1 is 1.25 bits per heavy atom. The van der Waals surface area contributed by atoms with E-state index >= 15 is 0 Å². The zero-order valence-electron chi connectivity index (χ0n) is 16.3. The summed E-state index contributed by atoms with van der Waals surface area (Å²) in [7, 11) is -0.351. The third-order valence-electron chi connectivity index (χ3n) is 4.56. The molecular formula is C20H23N3O4S. The van der Waals surface area contributed by atoms with Gasteiger partial charge in [-0.15, -0.1) is 0 Å². The van der Waals surface area contributed by atoms with E-state index in [0.717, 1.165) is 11.1 Å². The minimum Gasteiger partial charge on any atom is -0.496 e. The van der Waals surface area contributed by atoms with Crippen LogP contribution in [-0.4, -0.2) is 45.3 Å². The molecule has 1 aliphatic rings. The van der Waals surface area contributed by atoms with Crippen LogP contribution in [0, 0.1) is 6.92 Å². The molecule has 1 N–H and O–H groups in total. The number of likely N-dealkylation sites (N-methyl/N-ethyl adjacent to an activating group) is 1. The van der Waals surface area contributed by atoms with Gasteiger partial charge >= 0.3 is 0 Å². The van der Waals surface area contributed by atoms with Crippen LogP contribution >= 0.6 is 0 Å². The molecule has 0 unspecified atom stereocenters. The topological polar surface area (TPSA) is 88.1 Å². The molecule has 0 spiro atoms. The number of carbonyl (C=O) groups is 1. The summed E-state index contributed by atoms with van der Waals surface area (Å²) in [6, 6.07) is 11.6. The van der Waals surface area contributed by atoms with Gasteiger partial charge in [-0.1, -0.05) is 29.8 Å². The van der Waals surface area contributed by atoms with Crippen LogP contribution < -0.4 is 9.46 Å². The maximum absolute atomic E-state index is 12.8. The van der Waals surface area contributed by atoms with Gasteiger partial charge in [0.1, 0.15) is 17.6 Å².